The number of nitrogens with two attached hydrogens (primary N) is 1. The number of aromatic nitrogens is 1. The fraction of sp³-hybridized carbons (Fsp3) is 0.0769. The first-order valence-electron chi connectivity index (χ1n) is 5.51. The SMILES string of the molecule is CNC(=O)c1cc(Oc2ccc(F)c(N)c2)ccn1. The van der Waals surface area contributed by atoms with Crippen molar-refractivity contribution in [3.05, 3.63) is 48.0 Å². The van der Waals surface area contributed by atoms with Crippen molar-refractivity contribution >= 4 is 11.6 Å². The summed E-state index contributed by atoms with van der Waals surface area (Å²) in [6.45, 7) is 0. The molecule has 6 heteroatoms. The molecule has 0 aliphatic rings. The van der Waals surface area contributed by atoms with Crippen LogP contribution in [0.1, 0.15) is 10.5 Å². The van der Waals surface area contributed by atoms with Crippen molar-refractivity contribution in [3.63, 3.8) is 0 Å². The molecule has 19 heavy (non-hydrogen) atoms. The Hall–Kier alpha value is -2.63. The summed E-state index contributed by atoms with van der Waals surface area (Å²) in [5.74, 6) is -0.0234. The van der Waals surface area contributed by atoms with E-state index in [1.807, 2.05) is 0 Å². The normalized spacial score (nSPS) is 10.0. The van der Waals surface area contributed by atoms with Gasteiger partial charge in [0.2, 0.25) is 0 Å². The number of ether oxygens (including phenoxy) is 1. The Labute approximate surface area is 109 Å². The summed E-state index contributed by atoms with van der Waals surface area (Å²) in [6.07, 6.45) is 1.45. The van der Waals surface area contributed by atoms with Gasteiger partial charge in [0, 0.05) is 25.4 Å². The van der Waals surface area contributed by atoms with Gasteiger partial charge in [0.1, 0.15) is 23.0 Å². The Bertz CT molecular complexity index is 617. The minimum atomic E-state index is -0.506. The van der Waals surface area contributed by atoms with Crippen LogP contribution in [0.25, 0.3) is 0 Å². The molecule has 0 atom stereocenters. The van der Waals surface area contributed by atoms with Gasteiger partial charge < -0.3 is 15.8 Å². The average Bonchev–Trinajstić information content (AvgIpc) is 2.42. The van der Waals surface area contributed by atoms with E-state index in [0.29, 0.717) is 11.5 Å². The molecule has 0 unspecified atom stereocenters. The molecule has 2 rings (SSSR count). The standard InChI is InChI=1S/C13H12FN3O2/c1-16-13(18)12-7-9(4-5-17-12)19-8-2-3-10(14)11(15)6-8/h2-7H,15H2,1H3,(H,16,18). The highest BCUT2D eigenvalue weighted by atomic mass is 19.1. The number of hydrogen-bond acceptors (Lipinski definition) is 4. The molecule has 0 aliphatic carbocycles. The van der Waals surface area contributed by atoms with Crippen LogP contribution in [-0.2, 0) is 0 Å². The smallest absolute Gasteiger partial charge is 0.269 e. The van der Waals surface area contributed by atoms with Crippen LogP contribution in [0.4, 0.5) is 10.1 Å². The van der Waals surface area contributed by atoms with E-state index in [0.717, 1.165) is 0 Å². The predicted molar refractivity (Wildman–Crippen MR) is 68.5 cm³/mol. The first-order chi connectivity index (χ1) is 9.10. The van der Waals surface area contributed by atoms with Crippen LogP contribution < -0.4 is 15.8 Å². The second-order valence-corrected chi connectivity index (χ2v) is 3.74. The topological polar surface area (TPSA) is 77.2 Å². The zero-order chi connectivity index (χ0) is 13.8. The van der Waals surface area contributed by atoms with Crippen LogP contribution in [0.5, 0.6) is 11.5 Å². The highest BCUT2D eigenvalue weighted by Crippen LogP contribution is 2.24. The lowest BCUT2D eigenvalue weighted by atomic mass is 10.3. The molecule has 0 fully saturated rings. The van der Waals surface area contributed by atoms with Gasteiger partial charge in [-0.3, -0.25) is 9.78 Å². The molecule has 2 aromatic rings. The average molecular weight is 261 g/mol. The highest BCUT2D eigenvalue weighted by molar-refractivity contribution is 5.92. The number of rotatable bonds is 3. The van der Waals surface area contributed by atoms with Crippen molar-refractivity contribution in [1.82, 2.24) is 10.3 Å². The number of carbonyl (C=O) groups excluding carboxylic acids is 1. The minimum Gasteiger partial charge on any atom is -0.457 e. The first kappa shape index (κ1) is 12.8. The number of carbonyl (C=O) groups is 1. The summed E-state index contributed by atoms with van der Waals surface area (Å²) in [7, 11) is 1.51. The molecular weight excluding hydrogens is 249 g/mol. The van der Waals surface area contributed by atoms with Crippen molar-refractivity contribution < 1.29 is 13.9 Å². The number of nitrogens with zero attached hydrogens (tertiary/aromatic N) is 1. The summed E-state index contributed by atoms with van der Waals surface area (Å²) >= 11 is 0. The number of hydrogen-bond donors (Lipinski definition) is 2. The van der Waals surface area contributed by atoms with Crippen LogP contribution in [0.3, 0.4) is 0 Å². The largest absolute Gasteiger partial charge is 0.457 e. The van der Waals surface area contributed by atoms with Crippen molar-refractivity contribution in [2.75, 3.05) is 12.8 Å². The molecule has 1 aromatic heterocycles. The molecule has 98 valence electrons. The van der Waals surface area contributed by atoms with E-state index in [2.05, 4.69) is 10.3 Å². The van der Waals surface area contributed by atoms with Gasteiger partial charge in [0.05, 0.1) is 5.69 Å². The van der Waals surface area contributed by atoms with Gasteiger partial charge in [0.15, 0.2) is 0 Å². The van der Waals surface area contributed by atoms with E-state index in [1.165, 1.54) is 37.5 Å². The van der Waals surface area contributed by atoms with Gasteiger partial charge in [-0.15, -0.1) is 0 Å². The van der Waals surface area contributed by atoms with Gasteiger partial charge in [-0.05, 0) is 18.2 Å². The maximum atomic E-state index is 13.0. The third-order valence-corrected chi connectivity index (χ3v) is 2.39. The second kappa shape index (κ2) is 5.34. The van der Waals surface area contributed by atoms with Crippen molar-refractivity contribution in [1.29, 1.82) is 0 Å². The lowest BCUT2D eigenvalue weighted by Crippen LogP contribution is -2.18. The van der Waals surface area contributed by atoms with Crippen molar-refractivity contribution in [3.8, 4) is 11.5 Å². The maximum absolute atomic E-state index is 13.0. The minimum absolute atomic E-state index is 0.00178. The van der Waals surface area contributed by atoms with E-state index >= 15 is 0 Å². The first-order valence-corrected chi connectivity index (χ1v) is 5.51. The summed E-state index contributed by atoms with van der Waals surface area (Å²) in [4.78, 5) is 15.3. The van der Waals surface area contributed by atoms with Crippen LogP contribution >= 0.6 is 0 Å². The van der Waals surface area contributed by atoms with Crippen LogP contribution in [0.2, 0.25) is 0 Å². The molecule has 0 saturated heterocycles. The lowest BCUT2D eigenvalue weighted by molar-refractivity contribution is 0.0958. The third kappa shape index (κ3) is 2.98. The van der Waals surface area contributed by atoms with E-state index in [4.69, 9.17) is 10.5 Å². The monoisotopic (exact) mass is 261 g/mol. The van der Waals surface area contributed by atoms with Crippen molar-refractivity contribution in [2.24, 2.45) is 0 Å². The Kier molecular flexibility index (Phi) is 3.61. The quantitative estimate of drug-likeness (QED) is 0.828. The fourth-order valence-corrected chi connectivity index (χ4v) is 1.45. The van der Waals surface area contributed by atoms with Gasteiger partial charge >= 0.3 is 0 Å². The number of nitrogens with one attached hydrogen (secondary N) is 1. The van der Waals surface area contributed by atoms with Gasteiger partial charge in [-0.1, -0.05) is 0 Å². The number of amides is 1. The Balaban J connectivity index is 2.23. The molecular formula is C13H12FN3O2. The molecule has 5 nitrogen and oxygen atoms in total. The summed E-state index contributed by atoms with van der Waals surface area (Å²) in [5, 5.41) is 2.46. The third-order valence-electron chi connectivity index (χ3n) is 2.39. The predicted octanol–water partition coefficient (Wildman–Crippen LogP) is 1.95. The molecule has 1 amide bonds. The van der Waals surface area contributed by atoms with Gasteiger partial charge in [-0.2, -0.15) is 0 Å². The van der Waals surface area contributed by atoms with Crippen molar-refractivity contribution in [2.45, 2.75) is 0 Å². The Morgan fingerprint density at radius 1 is 1.32 bits per heavy atom. The molecule has 0 saturated carbocycles. The second-order valence-electron chi connectivity index (χ2n) is 3.74. The van der Waals surface area contributed by atoms with Gasteiger partial charge in [-0.25, -0.2) is 4.39 Å². The van der Waals surface area contributed by atoms with E-state index in [1.54, 1.807) is 6.07 Å². The summed E-state index contributed by atoms with van der Waals surface area (Å²) in [5.41, 5.74) is 5.67. The number of halogens is 1. The maximum Gasteiger partial charge on any atom is 0.269 e. The Morgan fingerprint density at radius 2 is 2.05 bits per heavy atom. The van der Waals surface area contributed by atoms with Gasteiger partial charge in [0.25, 0.3) is 5.91 Å². The van der Waals surface area contributed by atoms with Crippen LogP contribution in [-0.4, -0.2) is 17.9 Å². The molecule has 0 aliphatic heterocycles. The van der Waals surface area contributed by atoms with E-state index in [-0.39, 0.29) is 17.3 Å². The van der Waals surface area contributed by atoms with Crippen LogP contribution in [0, 0.1) is 5.82 Å². The molecule has 1 aromatic carbocycles. The Morgan fingerprint density at radius 3 is 2.74 bits per heavy atom. The van der Waals surface area contributed by atoms with E-state index in [9.17, 15) is 9.18 Å². The molecule has 1 heterocycles. The zero-order valence-corrected chi connectivity index (χ0v) is 10.2. The number of benzene rings is 1. The highest BCUT2D eigenvalue weighted by Gasteiger charge is 2.07. The molecule has 0 bridgehead atoms. The van der Waals surface area contributed by atoms with E-state index < -0.39 is 5.82 Å². The molecule has 0 spiro atoms. The molecule has 3 N–H and O–H groups in total. The summed E-state index contributed by atoms with van der Waals surface area (Å²) in [6, 6.07) is 7.11. The summed E-state index contributed by atoms with van der Waals surface area (Å²) < 4.78 is 18.5. The molecule has 0 radical (unpaired) electrons. The number of pyridine rings is 1. The lowest BCUT2D eigenvalue weighted by Gasteiger charge is -2.07. The zero-order valence-electron chi connectivity index (χ0n) is 10.2. The number of nitrogen functional groups attached to an aromatic ring is 1. The number of anilines is 1. The van der Waals surface area contributed by atoms with Crippen LogP contribution in [0.15, 0.2) is 36.5 Å². The fourth-order valence-electron chi connectivity index (χ4n) is 1.45.